The second-order valence-electron chi connectivity index (χ2n) is 12.3. The Morgan fingerprint density at radius 3 is 2.07 bits per heavy atom. The number of aryl methyl sites for hydroxylation is 3. The van der Waals surface area contributed by atoms with E-state index in [0.29, 0.717) is 11.2 Å². The molecule has 2 heterocycles. The van der Waals surface area contributed by atoms with Crippen LogP contribution in [0.2, 0.25) is 0 Å². The van der Waals surface area contributed by atoms with E-state index in [1.54, 1.807) is 6.07 Å². The van der Waals surface area contributed by atoms with E-state index in [9.17, 15) is 0 Å². The molecular formula is C40H39N2O+. The first-order valence-electron chi connectivity index (χ1n) is 16.7. The van der Waals surface area contributed by atoms with Crippen LogP contribution >= 0.6 is 0 Å². The summed E-state index contributed by atoms with van der Waals surface area (Å²) in [6.07, 6.45) is 0. The van der Waals surface area contributed by atoms with Gasteiger partial charge in [-0.2, -0.15) is 4.57 Å². The van der Waals surface area contributed by atoms with Crippen molar-refractivity contribution in [3.63, 3.8) is 0 Å². The first-order chi connectivity index (χ1) is 22.0. The minimum absolute atomic E-state index is 0.232. The minimum atomic E-state index is -2.29. The number of imidazole rings is 1. The Morgan fingerprint density at radius 2 is 1.37 bits per heavy atom. The molecule has 0 bridgehead atoms. The summed E-state index contributed by atoms with van der Waals surface area (Å²) >= 11 is 0. The van der Waals surface area contributed by atoms with Crippen LogP contribution in [0.15, 0.2) is 101 Å². The highest BCUT2D eigenvalue weighted by Gasteiger charge is 2.34. The van der Waals surface area contributed by atoms with Gasteiger partial charge in [-0.25, -0.2) is 4.57 Å². The summed E-state index contributed by atoms with van der Waals surface area (Å²) in [5.74, 6) is 1.50. The second-order valence-corrected chi connectivity index (χ2v) is 12.3. The van der Waals surface area contributed by atoms with Crippen LogP contribution in [0.3, 0.4) is 0 Å². The van der Waals surface area contributed by atoms with Crippen molar-refractivity contribution < 1.29 is 13.1 Å². The average molecular weight is 567 g/mol. The Labute approximate surface area is 258 Å². The number of fused-ring (bicyclic) bond motifs is 4. The third-order valence-electron chi connectivity index (χ3n) is 8.86. The van der Waals surface area contributed by atoms with Crippen molar-refractivity contribution in [2.45, 2.75) is 53.3 Å². The molecule has 0 radical (unpaired) electrons. The maximum atomic E-state index is 8.21. The molecule has 43 heavy (non-hydrogen) atoms. The Kier molecular flexibility index (Phi) is 5.70. The number of aromatic nitrogens is 2. The molecule has 0 saturated carbocycles. The lowest BCUT2D eigenvalue weighted by atomic mass is 9.88. The van der Waals surface area contributed by atoms with E-state index in [1.165, 1.54) is 27.9 Å². The molecule has 3 nitrogen and oxygen atoms in total. The van der Waals surface area contributed by atoms with Crippen molar-refractivity contribution in [1.29, 1.82) is 0 Å². The van der Waals surface area contributed by atoms with Crippen molar-refractivity contribution >= 4 is 33.0 Å². The van der Waals surface area contributed by atoms with E-state index < -0.39 is 6.85 Å². The van der Waals surface area contributed by atoms with Crippen molar-refractivity contribution in [2.75, 3.05) is 0 Å². The minimum Gasteiger partial charge on any atom is -0.455 e. The zero-order valence-corrected chi connectivity index (χ0v) is 25.7. The zero-order chi connectivity index (χ0) is 32.5. The number of hydrogen-bond acceptors (Lipinski definition) is 1. The molecule has 7 rings (SSSR count). The van der Waals surface area contributed by atoms with Crippen molar-refractivity contribution in [2.24, 2.45) is 7.05 Å². The van der Waals surface area contributed by atoms with Crippen LogP contribution in [0.25, 0.3) is 61.2 Å². The molecule has 0 aliphatic carbocycles. The first kappa shape index (κ1) is 23.9. The summed E-state index contributed by atoms with van der Waals surface area (Å²) in [6, 6.07) is 33.5. The number of hydrogen-bond donors (Lipinski definition) is 0. The number of furan rings is 1. The molecule has 0 unspecified atom stereocenters. The van der Waals surface area contributed by atoms with Gasteiger partial charge in [0.05, 0.1) is 7.05 Å². The summed E-state index contributed by atoms with van der Waals surface area (Å²) < 4.78 is 36.0. The summed E-state index contributed by atoms with van der Waals surface area (Å²) in [5, 5.41) is 1.72. The summed E-state index contributed by atoms with van der Waals surface area (Å²) in [4.78, 5) is 0. The Bertz CT molecular complexity index is 2240. The summed E-state index contributed by atoms with van der Waals surface area (Å²) in [7, 11) is 2.12. The third-order valence-corrected chi connectivity index (χ3v) is 8.86. The highest BCUT2D eigenvalue weighted by atomic mass is 16.3. The maximum absolute atomic E-state index is 8.21. The molecule has 0 N–H and O–H groups in total. The molecule has 3 heteroatoms. The van der Waals surface area contributed by atoms with Gasteiger partial charge in [0.2, 0.25) is 0 Å². The number of rotatable bonds is 5. The van der Waals surface area contributed by atoms with E-state index in [-0.39, 0.29) is 17.4 Å². The summed E-state index contributed by atoms with van der Waals surface area (Å²) in [6.45, 7) is 8.89. The fourth-order valence-corrected chi connectivity index (χ4v) is 6.67. The predicted octanol–water partition coefficient (Wildman–Crippen LogP) is 10.6. The molecule has 2 aromatic heterocycles. The van der Waals surface area contributed by atoms with Crippen LogP contribution in [0.4, 0.5) is 0 Å². The highest BCUT2D eigenvalue weighted by Crippen LogP contribution is 2.43. The van der Waals surface area contributed by atoms with Gasteiger partial charge in [0, 0.05) is 26.0 Å². The zero-order valence-electron chi connectivity index (χ0n) is 28.7. The SMILES string of the molecule is [2H]C([2H])([2H])c1cccc2c1oc1c(-c3n(-c4c(C(C)C)cc(-c5ccccc5)cc4C(C)C)c4ccccc4[n+]3C)c(C)ccc12. The molecule has 0 fully saturated rings. The van der Waals surface area contributed by atoms with E-state index in [1.807, 2.05) is 12.1 Å². The van der Waals surface area contributed by atoms with Crippen LogP contribution in [0.1, 0.15) is 65.9 Å². The monoisotopic (exact) mass is 566 g/mol. The molecule has 0 saturated heterocycles. The van der Waals surface area contributed by atoms with E-state index in [2.05, 4.69) is 130 Å². The summed E-state index contributed by atoms with van der Waals surface area (Å²) in [5.41, 5.74) is 11.7. The topological polar surface area (TPSA) is 21.9 Å². The number of nitrogens with zero attached hydrogens (tertiary/aromatic N) is 2. The maximum Gasteiger partial charge on any atom is 0.299 e. The standard InChI is InChI=1S/C40H39N2O/c1-24(2)32-22-29(28-15-9-8-10-16-28)23-33(25(3)4)37(32)42-35-19-12-11-18-34(35)41(7)40(42)36-26(5)20-21-31-30-17-13-14-27(6)38(30)43-39(31)36/h8-25H,1-7H3/q+1/i6D3. The van der Waals surface area contributed by atoms with Gasteiger partial charge in [-0.15, -0.1) is 0 Å². The van der Waals surface area contributed by atoms with E-state index >= 15 is 0 Å². The van der Waals surface area contributed by atoms with Crippen molar-refractivity contribution in [3.8, 4) is 28.2 Å². The molecule has 0 aliphatic rings. The van der Waals surface area contributed by atoms with Gasteiger partial charge in [-0.1, -0.05) is 100 Å². The molecule has 0 amide bonds. The molecule has 0 aliphatic heterocycles. The lowest BCUT2D eigenvalue weighted by Crippen LogP contribution is -2.30. The van der Waals surface area contributed by atoms with Gasteiger partial charge in [0.25, 0.3) is 5.82 Å². The third kappa shape index (κ3) is 4.21. The Balaban J connectivity index is 1.65. The van der Waals surface area contributed by atoms with Gasteiger partial charge >= 0.3 is 0 Å². The van der Waals surface area contributed by atoms with Gasteiger partial charge in [-0.3, -0.25) is 0 Å². The molecule has 214 valence electrons. The molecular weight excluding hydrogens is 524 g/mol. The van der Waals surface area contributed by atoms with Gasteiger partial charge in [-0.05, 0) is 72.1 Å². The molecule has 7 aromatic rings. The molecule has 0 spiro atoms. The predicted molar refractivity (Wildman–Crippen MR) is 180 cm³/mol. The normalized spacial score (nSPS) is 13.3. The fourth-order valence-electron chi connectivity index (χ4n) is 6.67. The van der Waals surface area contributed by atoms with Gasteiger partial charge in [0.15, 0.2) is 16.6 Å². The highest BCUT2D eigenvalue weighted by molar-refractivity contribution is 6.10. The van der Waals surface area contributed by atoms with E-state index in [4.69, 9.17) is 8.53 Å². The van der Waals surface area contributed by atoms with Gasteiger partial charge in [0.1, 0.15) is 16.8 Å². The van der Waals surface area contributed by atoms with Crippen LogP contribution in [0, 0.1) is 13.8 Å². The van der Waals surface area contributed by atoms with E-state index in [0.717, 1.165) is 38.8 Å². The van der Waals surface area contributed by atoms with Crippen LogP contribution < -0.4 is 4.57 Å². The van der Waals surface area contributed by atoms with Crippen molar-refractivity contribution in [3.05, 3.63) is 119 Å². The number of benzene rings is 5. The van der Waals surface area contributed by atoms with Crippen LogP contribution in [-0.2, 0) is 7.05 Å². The average Bonchev–Trinajstić information content (AvgIpc) is 3.55. The lowest BCUT2D eigenvalue weighted by Gasteiger charge is -2.21. The molecule has 0 atom stereocenters. The van der Waals surface area contributed by atoms with Crippen LogP contribution in [-0.4, -0.2) is 4.57 Å². The number of para-hydroxylation sites is 3. The second kappa shape index (κ2) is 10.3. The lowest BCUT2D eigenvalue weighted by molar-refractivity contribution is -0.633. The first-order valence-corrected chi connectivity index (χ1v) is 15.2. The largest absolute Gasteiger partial charge is 0.455 e. The Morgan fingerprint density at radius 1 is 0.698 bits per heavy atom. The Hall–Kier alpha value is -4.63. The fraction of sp³-hybridized carbons (Fsp3) is 0.225. The van der Waals surface area contributed by atoms with Crippen LogP contribution in [0.5, 0.6) is 0 Å². The smallest absolute Gasteiger partial charge is 0.299 e. The van der Waals surface area contributed by atoms with Crippen molar-refractivity contribution in [1.82, 2.24) is 4.57 Å². The quantitative estimate of drug-likeness (QED) is 0.190. The van der Waals surface area contributed by atoms with Gasteiger partial charge < -0.3 is 4.42 Å². The molecule has 5 aromatic carbocycles.